The second kappa shape index (κ2) is 12.5. The molecule has 11 nitrogen and oxygen atoms in total. The maximum atomic E-state index is 11.5. The Bertz CT molecular complexity index is 1040. The number of sulfonamides is 1. The van der Waals surface area contributed by atoms with Crippen molar-refractivity contribution >= 4 is 33.7 Å². The summed E-state index contributed by atoms with van der Waals surface area (Å²) in [6.07, 6.45) is -2.52. The highest BCUT2D eigenvalue weighted by atomic mass is 32.2. The van der Waals surface area contributed by atoms with Gasteiger partial charge in [-0.2, -0.15) is 0 Å². The molecule has 2 aromatic carbocycles. The number of nitrogens with two attached hydrogens (primary N) is 1. The molecule has 0 aromatic heterocycles. The highest BCUT2D eigenvalue weighted by molar-refractivity contribution is 7.98. The monoisotopic (exact) mass is 502 g/mol. The predicted molar refractivity (Wildman–Crippen MR) is 121 cm³/mol. The van der Waals surface area contributed by atoms with Crippen LogP contribution in [-0.4, -0.2) is 78.2 Å². The van der Waals surface area contributed by atoms with Crippen LogP contribution in [0.5, 0.6) is 11.5 Å². The predicted octanol–water partition coefficient (Wildman–Crippen LogP) is 0.787. The van der Waals surface area contributed by atoms with Crippen molar-refractivity contribution in [1.29, 1.82) is 0 Å². The van der Waals surface area contributed by atoms with E-state index < -0.39 is 34.2 Å². The zero-order valence-corrected chi connectivity index (χ0v) is 19.7. The molecule has 0 aliphatic carbocycles. The van der Waals surface area contributed by atoms with Crippen molar-refractivity contribution in [3.63, 3.8) is 0 Å². The number of rotatable bonds is 9. The highest BCUT2D eigenvalue weighted by Crippen LogP contribution is 2.29. The van der Waals surface area contributed by atoms with Gasteiger partial charge in [0, 0.05) is 17.0 Å². The van der Waals surface area contributed by atoms with Gasteiger partial charge >= 0.3 is 11.9 Å². The third-order valence-electron chi connectivity index (χ3n) is 3.94. The molecule has 182 valence electrons. The molecule has 0 bridgehead atoms. The van der Waals surface area contributed by atoms with E-state index in [1.54, 1.807) is 23.9 Å². The van der Waals surface area contributed by atoms with E-state index in [2.05, 4.69) is 0 Å². The molecule has 0 saturated heterocycles. The third kappa shape index (κ3) is 9.37. The third-order valence-corrected chi connectivity index (χ3v) is 5.59. The smallest absolute Gasteiger partial charge is 0.335 e. The van der Waals surface area contributed by atoms with Gasteiger partial charge < -0.3 is 30.1 Å². The van der Waals surface area contributed by atoms with Gasteiger partial charge in [-0.3, -0.25) is 0 Å². The first-order chi connectivity index (χ1) is 15.3. The summed E-state index contributed by atoms with van der Waals surface area (Å²) in [7, 11) is 0.0703. The number of carbonyl (C=O) groups is 2. The summed E-state index contributed by atoms with van der Waals surface area (Å²) in [6.45, 7) is 0.543. The summed E-state index contributed by atoms with van der Waals surface area (Å²) in [5, 5.41) is 37.7. The van der Waals surface area contributed by atoms with Gasteiger partial charge in [0.15, 0.2) is 12.2 Å². The molecule has 6 N–H and O–H groups in total. The average Bonchev–Trinajstić information content (AvgIpc) is 2.73. The van der Waals surface area contributed by atoms with E-state index in [1.807, 2.05) is 49.5 Å². The lowest BCUT2D eigenvalue weighted by Gasteiger charge is -2.16. The van der Waals surface area contributed by atoms with Gasteiger partial charge in [0.25, 0.3) is 0 Å². The first-order valence-electron chi connectivity index (χ1n) is 9.20. The second-order valence-corrected chi connectivity index (χ2v) is 9.34. The molecule has 0 amide bonds. The van der Waals surface area contributed by atoms with E-state index in [4.69, 9.17) is 30.3 Å². The number of nitrogens with zero attached hydrogens (tertiary/aromatic N) is 1. The minimum atomic E-state index is -3.74. The number of aliphatic hydroxyl groups excluding tert-OH is 2. The van der Waals surface area contributed by atoms with Crippen molar-refractivity contribution in [2.45, 2.75) is 28.5 Å². The lowest BCUT2D eigenvalue weighted by molar-refractivity contribution is -0.165. The molecule has 0 heterocycles. The van der Waals surface area contributed by atoms with Gasteiger partial charge in [-0.25, -0.2) is 23.1 Å². The summed E-state index contributed by atoms with van der Waals surface area (Å²) in [4.78, 5) is 22.7. The van der Waals surface area contributed by atoms with Crippen LogP contribution >= 0.6 is 11.8 Å². The second-order valence-electron chi connectivity index (χ2n) is 6.90. The van der Waals surface area contributed by atoms with Crippen molar-refractivity contribution in [3.05, 3.63) is 48.0 Å². The van der Waals surface area contributed by atoms with Crippen LogP contribution in [0.1, 0.15) is 5.56 Å². The Morgan fingerprint density at radius 1 is 1.03 bits per heavy atom. The minimum Gasteiger partial charge on any atom is -0.479 e. The number of carboxylic acids is 2. The van der Waals surface area contributed by atoms with Crippen molar-refractivity contribution in [1.82, 2.24) is 4.90 Å². The molecule has 0 aliphatic heterocycles. The van der Waals surface area contributed by atoms with Crippen LogP contribution in [0.15, 0.2) is 52.3 Å². The zero-order chi connectivity index (χ0) is 25.3. The van der Waals surface area contributed by atoms with Crippen LogP contribution in [0.3, 0.4) is 0 Å². The number of hydrogen-bond acceptors (Lipinski definition) is 9. The van der Waals surface area contributed by atoms with Crippen LogP contribution in [0.2, 0.25) is 0 Å². The number of thioether (sulfide) groups is 1. The van der Waals surface area contributed by atoms with Crippen LogP contribution in [0.4, 0.5) is 0 Å². The quantitative estimate of drug-likeness (QED) is 0.305. The summed E-state index contributed by atoms with van der Waals surface area (Å²) in [6, 6.07) is 12.4. The molecule has 0 saturated carbocycles. The van der Waals surface area contributed by atoms with Crippen LogP contribution in [-0.2, 0) is 26.2 Å². The largest absolute Gasteiger partial charge is 0.479 e. The molecule has 0 aliphatic rings. The molecular formula is C20H26N2O9S2. The van der Waals surface area contributed by atoms with Gasteiger partial charge in [-0.05, 0) is 62.8 Å². The van der Waals surface area contributed by atoms with Gasteiger partial charge in [-0.1, -0.05) is 0 Å². The van der Waals surface area contributed by atoms with Crippen molar-refractivity contribution < 1.29 is 43.2 Å². The standard InChI is InChI=1S/C16H20N2O3S2.C4H6O6/c1-18(2)11-12-10-15(23(17,19)20)8-9-16(12)21-13-4-6-14(22-3)7-5-13;5-1(3(7)8)2(6)4(9)10/h4-10H,11H2,1-3H3,(H2,17,19,20);1-2,5-6H,(H,7,8)(H,9,10). The van der Waals surface area contributed by atoms with Gasteiger partial charge in [-0.15, -0.1) is 11.8 Å². The number of aliphatic hydroxyl groups is 2. The molecule has 0 radical (unpaired) electrons. The summed E-state index contributed by atoms with van der Waals surface area (Å²) >= 11 is 1.66. The van der Waals surface area contributed by atoms with Crippen LogP contribution < -0.4 is 9.88 Å². The first-order valence-corrected chi connectivity index (χ1v) is 12.0. The zero-order valence-electron chi connectivity index (χ0n) is 18.1. The molecular weight excluding hydrogens is 476 g/mol. The number of carboxylic acid groups (broad SMARTS) is 2. The number of primary sulfonamides is 1. The van der Waals surface area contributed by atoms with E-state index in [0.717, 1.165) is 10.5 Å². The summed E-state index contributed by atoms with van der Waals surface area (Å²) in [5.74, 6) is -2.22. The molecule has 2 rings (SSSR count). The fraction of sp³-hybridized carbons (Fsp3) is 0.300. The normalized spacial score (nSPS) is 12.9. The van der Waals surface area contributed by atoms with E-state index in [-0.39, 0.29) is 4.90 Å². The van der Waals surface area contributed by atoms with Gasteiger partial charge in [0.05, 0.1) is 4.90 Å². The highest BCUT2D eigenvalue weighted by Gasteiger charge is 2.29. The Balaban J connectivity index is 0.000000461. The van der Waals surface area contributed by atoms with Crippen LogP contribution in [0.25, 0.3) is 0 Å². The minimum absolute atomic E-state index is 0.0828. The SMILES string of the molecule is CSc1ccc(Oc2ccc(S(N)(=O)=O)cc2CN(C)C)cc1.O=C(O)C(O)C(O)C(=O)O. The molecule has 0 spiro atoms. The number of ether oxygens (including phenoxy) is 1. The van der Waals surface area contributed by atoms with E-state index >= 15 is 0 Å². The molecule has 2 unspecified atom stereocenters. The van der Waals surface area contributed by atoms with Crippen LogP contribution in [0, 0.1) is 0 Å². The summed E-state index contributed by atoms with van der Waals surface area (Å²) in [5.41, 5.74) is 0.760. The maximum Gasteiger partial charge on any atom is 0.335 e. The average molecular weight is 503 g/mol. The fourth-order valence-electron chi connectivity index (χ4n) is 2.34. The van der Waals surface area contributed by atoms with Gasteiger partial charge in [0.2, 0.25) is 10.0 Å². The molecule has 0 fully saturated rings. The fourth-order valence-corrected chi connectivity index (χ4v) is 3.31. The molecule has 2 atom stereocenters. The first kappa shape index (κ1) is 28.4. The number of hydrogen-bond donors (Lipinski definition) is 5. The Morgan fingerprint density at radius 3 is 1.94 bits per heavy atom. The Hall–Kier alpha value is -2.68. The van der Waals surface area contributed by atoms with E-state index in [9.17, 15) is 18.0 Å². The molecule has 33 heavy (non-hydrogen) atoms. The summed E-state index contributed by atoms with van der Waals surface area (Å²) < 4.78 is 29.0. The molecule has 13 heteroatoms. The lowest BCUT2D eigenvalue weighted by Crippen LogP contribution is -2.39. The van der Waals surface area contributed by atoms with Gasteiger partial charge in [0.1, 0.15) is 11.5 Å². The topological polar surface area (TPSA) is 188 Å². The van der Waals surface area contributed by atoms with Crippen molar-refractivity contribution in [2.75, 3.05) is 20.4 Å². The van der Waals surface area contributed by atoms with Crippen molar-refractivity contribution in [3.8, 4) is 11.5 Å². The molecule has 2 aromatic rings. The van der Waals surface area contributed by atoms with E-state index in [1.165, 1.54) is 6.07 Å². The maximum absolute atomic E-state index is 11.5. The number of benzene rings is 2. The van der Waals surface area contributed by atoms with E-state index in [0.29, 0.717) is 18.0 Å². The van der Waals surface area contributed by atoms with Crippen molar-refractivity contribution in [2.24, 2.45) is 5.14 Å². The Labute approximate surface area is 195 Å². The Morgan fingerprint density at radius 2 is 1.55 bits per heavy atom. The number of aliphatic carboxylic acids is 2. The lowest BCUT2D eigenvalue weighted by atomic mass is 10.2. The Kier molecular flexibility index (Phi) is 10.8.